The van der Waals surface area contributed by atoms with Crippen molar-refractivity contribution in [3.63, 3.8) is 0 Å². The van der Waals surface area contributed by atoms with Gasteiger partial charge in [0.25, 0.3) is 0 Å². The van der Waals surface area contributed by atoms with Crippen molar-refractivity contribution in [2.24, 2.45) is 0 Å². The number of unbranched alkanes of at least 4 members (excludes halogenated alkanes) is 1. The molecule has 0 heterocycles. The maximum Gasteiger partial charge on any atom is 0.174 e. The summed E-state index contributed by atoms with van der Waals surface area (Å²) in [5.74, 6) is 0. The van der Waals surface area contributed by atoms with Crippen molar-refractivity contribution >= 4 is 0 Å². The van der Waals surface area contributed by atoms with E-state index >= 15 is 0 Å². The Bertz CT molecular complexity index is 89.3. The molecule has 0 aliphatic heterocycles. The smallest absolute Gasteiger partial charge is 0.174 e. The number of rotatable bonds is 5. The van der Waals surface area contributed by atoms with Gasteiger partial charge in [-0.2, -0.15) is 0 Å². The summed E-state index contributed by atoms with van der Waals surface area (Å²) in [7, 11) is 0. The first-order chi connectivity index (χ1) is 4.81. The summed E-state index contributed by atoms with van der Waals surface area (Å²) in [5.41, 5.74) is 0. The number of allylic oxidation sites excluding steroid dienone is 1. The highest BCUT2D eigenvalue weighted by Crippen LogP contribution is 1.93. The standard InChI is InChI=1S/C8H16O2/c1-3-5-7-10-8(9)6-4-2/h4,6,8-9H,3,5,7H2,1-2H3/b6-4+. The molecule has 0 fully saturated rings. The van der Waals surface area contributed by atoms with E-state index in [9.17, 15) is 0 Å². The van der Waals surface area contributed by atoms with Gasteiger partial charge in [-0.05, 0) is 19.4 Å². The van der Waals surface area contributed by atoms with E-state index in [0.29, 0.717) is 6.61 Å². The first kappa shape index (κ1) is 9.66. The quantitative estimate of drug-likeness (QED) is 0.361. The van der Waals surface area contributed by atoms with Gasteiger partial charge in [0, 0.05) is 0 Å². The van der Waals surface area contributed by atoms with Gasteiger partial charge in [-0.1, -0.05) is 19.4 Å². The van der Waals surface area contributed by atoms with Crippen LogP contribution in [0.4, 0.5) is 0 Å². The highest BCUT2D eigenvalue weighted by Gasteiger charge is 1.94. The van der Waals surface area contributed by atoms with Crippen molar-refractivity contribution < 1.29 is 9.84 Å². The molecule has 0 rings (SSSR count). The molecular weight excluding hydrogens is 128 g/mol. The third-order valence-electron chi connectivity index (χ3n) is 1.14. The molecule has 0 aromatic rings. The summed E-state index contributed by atoms with van der Waals surface area (Å²) < 4.78 is 4.99. The molecule has 1 atom stereocenters. The summed E-state index contributed by atoms with van der Waals surface area (Å²) in [4.78, 5) is 0. The highest BCUT2D eigenvalue weighted by molar-refractivity contribution is 4.79. The molecule has 0 aromatic heterocycles. The van der Waals surface area contributed by atoms with E-state index in [4.69, 9.17) is 9.84 Å². The Morgan fingerprint density at radius 2 is 2.30 bits per heavy atom. The molecule has 0 amide bonds. The van der Waals surface area contributed by atoms with E-state index in [0.717, 1.165) is 12.8 Å². The lowest BCUT2D eigenvalue weighted by atomic mass is 10.4. The molecule has 60 valence electrons. The van der Waals surface area contributed by atoms with Gasteiger partial charge >= 0.3 is 0 Å². The Balaban J connectivity index is 3.13. The monoisotopic (exact) mass is 144 g/mol. The maximum absolute atomic E-state index is 8.97. The molecular formula is C8H16O2. The van der Waals surface area contributed by atoms with Crippen molar-refractivity contribution in [3.8, 4) is 0 Å². The van der Waals surface area contributed by atoms with Gasteiger partial charge in [0.1, 0.15) is 0 Å². The van der Waals surface area contributed by atoms with Gasteiger partial charge < -0.3 is 9.84 Å². The van der Waals surface area contributed by atoms with Crippen LogP contribution in [0, 0.1) is 0 Å². The van der Waals surface area contributed by atoms with Gasteiger partial charge in [-0.3, -0.25) is 0 Å². The van der Waals surface area contributed by atoms with E-state index in [1.807, 2.05) is 6.92 Å². The van der Waals surface area contributed by atoms with Crippen LogP contribution in [0.5, 0.6) is 0 Å². The first-order valence-electron chi connectivity index (χ1n) is 3.73. The number of hydrogen-bond donors (Lipinski definition) is 1. The minimum atomic E-state index is -0.712. The number of ether oxygens (including phenoxy) is 1. The normalized spacial score (nSPS) is 14.3. The summed E-state index contributed by atoms with van der Waals surface area (Å²) in [6.45, 7) is 4.58. The first-order valence-corrected chi connectivity index (χ1v) is 3.73. The average molecular weight is 144 g/mol. The summed E-state index contributed by atoms with van der Waals surface area (Å²) in [6, 6.07) is 0. The second kappa shape index (κ2) is 6.78. The zero-order valence-electron chi connectivity index (χ0n) is 6.71. The van der Waals surface area contributed by atoms with E-state index in [-0.39, 0.29) is 0 Å². The maximum atomic E-state index is 8.97. The lowest BCUT2D eigenvalue weighted by Gasteiger charge is -2.05. The van der Waals surface area contributed by atoms with Crippen LogP contribution in [-0.4, -0.2) is 18.0 Å². The molecule has 0 aromatic carbocycles. The Hall–Kier alpha value is -0.340. The van der Waals surface area contributed by atoms with Crippen molar-refractivity contribution in [1.82, 2.24) is 0 Å². The van der Waals surface area contributed by atoms with Crippen LogP contribution in [0.2, 0.25) is 0 Å². The van der Waals surface area contributed by atoms with Crippen LogP contribution < -0.4 is 0 Å². The summed E-state index contributed by atoms with van der Waals surface area (Å²) >= 11 is 0. The minimum Gasteiger partial charge on any atom is -0.365 e. The van der Waals surface area contributed by atoms with E-state index in [1.165, 1.54) is 0 Å². The molecule has 0 radical (unpaired) electrons. The topological polar surface area (TPSA) is 29.5 Å². The van der Waals surface area contributed by atoms with Crippen LogP contribution in [0.25, 0.3) is 0 Å². The van der Waals surface area contributed by atoms with Crippen LogP contribution in [0.15, 0.2) is 12.2 Å². The van der Waals surface area contributed by atoms with Crippen molar-refractivity contribution in [3.05, 3.63) is 12.2 Å². The molecule has 10 heavy (non-hydrogen) atoms. The zero-order chi connectivity index (χ0) is 7.82. The van der Waals surface area contributed by atoms with Crippen LogP contribution in [0.3, 0.4) is 0 Å². The van der Waals surface area contributed by atoms with E-state index in [2.05, 4.69) is 6.92 Å². The van der Waals surface area contributed by atoms with Crippen molar-refractivity contribution in [2.75, 3.05) is 6.61 Å². The minimum absolute atomic E-state index is 0.641. The Morgan fingerprint density at radius 1 is 1.60 bits per heavy atom. The molecule has 0 bridgehead atoms. The Labute approximate surface area is 62.5 Å². The van der Waals surface area contributed by atoms with Gasteiger partial charge in [0.2, 0.25) is 0 Å². The Kier molecular flexibility index (Phi) is 6.55. The highest BCUT2D eigenvalue weighted by atomic mass is 16.6. The lowest BCUT2D eigenvalue weighted by Crippen LogP contribution is -2.08. The second-order valence-electron chi connectivity index (χ2n) is 2.14. The predicted molar refractivity (Wildman–Crippen MR) is 41.7 cm³/mol. The molecule has 0 aliphatic rings. The number of aliphatic hydroxyl groups is 1. The SMILES string of the molecule is C/C=C/C(O)OCCCC. The summed E-state index contributed by atoms with van der Waals surface area (Å²) in [5, 5.41) is 8.97. The summed E-state index contributed by atoms with van der Waals surface area (Å²) in [6.07, 6.45) is 4.79. The molecule has 1 unspecified atom stereocenters. The van der Waals surface area contributed by atoms with Crippen molar-refractivity contribution in [2.45, 2.75) is 33.0 Å². The third-order valence-corrected chi connectivity index (χ3v) is 1.14. The Morgan fingerprint density at radius 3 is 2.80 bits per heavy atom. The average Bonchev–Trinajstić information content (AvgIpc) is 1.89. The fraction of sp³-hybridized carbons (Fsp3) is 0.750. The molecule has 0 saturated carbocycles. The van der Waals surface area contributed by atoms with E-state index in [1.54, 1.807) is 12.2 Å². The molecule has 0 saturated heterocycles. The molecule has 2 nitrogen and oxygen atoms in total. The van der Waals surface area contributed by atoms with E-state index < -0.39 is 6.29 Å². The fourth-order valence-corrected chi connectivity index (χ4v) is 0.569. The van der Waals surface area contributed by atoms with Gasteiger partial charge in [0.05, 0.1) is 6.61 Å². The third kappa shape index (κ3) is 5.79. The lowest BCUT2D eigenvalue weighted by molar-refractivity contribution is -0.0648. The predicted octanol–water partition coefficient (Wildman–Crippen LogP) is 1.70. The van der Waals surface area contributed by atoms with Gasteiger partial charge in [-0.25, -0.2) is 0 Å². The fourth-order valence-electron chi connectivity index (χ4n) is 0.569. The second-order valence-corrected chi connectivity index (χ2v) is 2.14. The number of aliphatic hydroxyl groups excluding tert-OH is 1. The number of hydrogen-bond acceptors (Lipinski definition) is 2. The molecule has 0 aliphatic carbocycles. The largest absolute Gasteiger partial charge is 0.365 e. The van der Waals surface area contributed by atoms with Crippen LogP contribution >= 0.6 is 0 Å². The van der Waals surface area contributed by atoms with Crippen LogP contribution in [0.1, 0.15) is 26.7 Å². The van der Waals surface area contributed by atoms with Crippen LogP contribution in [-0.2, 0) is 4.74 Å². The molecule has 1 N–H and O–H groups in total. The van der Waals surface area contributed by atoms with Gasteiger partial charge in [0.15, 0.2) is 6.29 Å². The van der Waals surface area contributed by atoms with Crippen molar-refractivity contribution in [1.29, 1.82) is 0 Å². The zero-order valence-corrected chi connectivity index (χ0v) is 6.71. The van der Waals surface area contributed by atoms with Gasteiger partial charge in [-0.15, -0.1) is 0 Å². The molecule has 0 spiro atoms. The molecule has 2 heteroatoms.